The van der Waals surface area contributed by atoms with Crippen LogP contribution in [0, 0.1) is 6.92 Å². The summed E-state index contributed by atoms with van der Waals surface area (Å²) < 4.78 is 0. The summed E-state index contributed by atoms with van der Waals surface area (Å²) in [4.78, 5) is 48.3. The summed E-state index contributed by atoms with van der Waals surface area (Å²) in [5.74, 6) is -0.116. The lowest BCUT2D eigenvalue weighted by atomic mass is 10.0. The highest BCUT2D eigenvalue weighted by Crippen LogP contribution is 2.36. The standard InChI is InChI=1S/C23H17N3O3S2/c1-13-17(14-7-3-2-4-8-14)18-19(27)24-23(25-20(18)31-13)30-12-11-26-21(28)15-9-5-6-10-16(15)22(26)29/h2-10H,11-12H2,1H3,(H,24,25,27). The molecule has 2 aromatic carbocycles. The van der Waals surface area contributed by atoms with E-state index in [1.54, 1.807) is 24.3 Å². The van der Waals surface area contributed by atoms with Crippen molar-refractivity contribution in [2.45, 2.75) is 12.1 Å². The molecule has 2 amide bonds. The summed E-state index contributed by atoms with van der Waals surface area (Å²) in [6.07, 6.45) is 0. The Kier molecular flexibility index (Phi) is 4.95. The Labute approximate surface area is 185 Å². The molecule has 0 unspecified atom stereocenters. The van der Waals surface area contributed by atoms with Crippen molar-refractivity contribution in [3.8, 4) is 11.1 Å². The first-order valence-electron chi connectivity index (χ1n) is 9.71. The molecule has 31 heavy (non-hydrogen) atoms. The molecular weight excluding hydrogens is 430 g/mol. The van der Waals surface area contributed by atoms with Crippen LogP contribution in [0.5, 0.6) is 0 Å². The number of benzene rings is 2. The molecule has 4 aromatic rings. The van der Waals surface area contributed by atoms with Crippen molar-refractivity contribution in [3.05, 3.63) is 81.0 Å². The number of thiophene rings is 1. The summed E-state index contributed by atoms with van der Waals surface area (Å²) >= 11 is 2.81. The summed E-state index contributed by atoms with van der Waals surface area (Å²) in [5, 5.41) is 1.08. The van der Waals surface area contributed by atoms with Gasteiger partial charge in [0, 0.05) is 22.7 Å². The summed E-state index contributed by atoms with van der Waals surface area (Å²) in [7, 11) is 0. The summed E-state index contributed by atoms with van der Waals surface area (Å²) in [5.41, 5.74) is 2.60. The van der Waals surface area contributed by atoms with Gasteiger partial charge in [-0.05, 0) is 24.6 Å². The van der Waals surface area contributed by atoms with E-state index in [1.807, 2.05) is 37.3 Å². The second-order valence-electron chi connectivity index (χ2n) is 7.11. The Bertz CT molecular complexity index is 1360. The van der Waals surface area contributed by atoms with Crippen LogP contribution in [0.4, 0.5) is 0 Å². The largest absolute Gasteiger partial charge is 0.301 e. The second-order valence-corrected chi connectivity index (χ2v) is 9.39. The Morgan fingerprint density at radius 2 is 1.61 bits per heavy atom. The van der Waals surface area contributed by atoms with Crippen molar-refractivity contribution in [1.29, 1.82) is 0 Å². The fourth-order valence-corrected chi connectivity index (χ4v) is 5.69. The average Bonchev–Trinajstić information content (AvgIpc) is 3.24. The molecule has 154 valence electrons. The van der Waals surface area contributed by atoms with Crippen molar-refractivity contribution in [2.24, 2.45) is 0 Å². The fraction of sp³-hybridized carbons (Fsp3) is 0.130. The molecule has 1 aliphatic rings. The number of H-pyrrole nitrogens is 1. The number of thioether (sulfide) groups is 1. The van der Waals surface area contributed by atoms with Gasteiger partial charge in [-0.2, -0.15) is 0 Å². The fourth-order valence-electron chi connectivity index (χ4n) is 3.80. The average molecular weight is 448 g/mol. The molecule has 0 spiro atoms. The van der Waals surface area contributed by atoms with Crippen LogP contribution in [0.1, 0.15) is 25.6 Å². The minimum absolute atomic E-state index is 0.184. The topological polar surface area (TPSA) is 83.1 Å². The molecule has 6 nitrogen and oxygen atoms in total. The number of hydrogen-bond acceptors (Lipinski definition) is 6. The molecule has 1 aliphatic heterocycles. The Hall–Kier alpha value is -3.23. The number of aromatic amines is 1. The second kappa shape index (κ2) is 7.79. The van der Waals surface area contributed by atoms with E-state index in [0.717, 1.165) is 16.0 Å². The highest BCUT2D eigenvalue weighted by atomic mass is 32.2. The maximum absolute atomic E-state index is 12.9. The maximum Gasteiger partial charge on any atom is 0.261 e. The van der Waals surface area contributed by atoms with Gasteiger partial charge in [0.1, 0.15) is 4.83 Å². The van der Waals surface area contributed by atoms with Crippen LogP contribution in [0.3, 0.4) is 0 Å². The van der Waals surface area contributed by atoms with Crippen molar-refractivity contribution in [1.82, 2.24) is 14.9 Å². The van der Waals surface area contributed by atoms with Crippen molar-refractivity contribution in [3.63, 3.8) is 0 Å². The Morgan fingerprint density at radius 3 is 2.29 bits per heavy atom. The van der Waals surface area contributed by atoms with E-state index in [1.165, 1.54) is 28.0 Å². The van der Waals surface area contributed by atoms with E-state index in [0.29, 0.717) is 32.3 Å². The molecule has 3 heterocycles. The van der Waals surface area contributed by atoms with Crippen molar-refractivity contribution in [2.75, 3.05) is 12.3 Å². The smallest absolute Gasteiger partial charge is 0.261 e. The van der Waals surface area contributed by atoms with Crippen LogP contribution < -0.4 is 5.56 Å². The Balaban J connectivity index is 1.36. The van der Waals surface area contributed by atoms with Gasteiger partial charge >= 0.3 is 0 Å². The molecule has 0 aliphatic carbocycles. The number of amides is 2. The number of nitrogens with one attached hydrogen (secondary N) is 1. The van der Waals surface area contributed by atoms with E-state index >= 15 is 0 Å². The van der Waals surface area contributed by atoms with E-state index in [-0.39, 0.29) is 23.9 Å². The number of rotatable bonds is 5. The van der Waals surface area contributed by atoms with Crippen molar-refractivity contribution < 1.29 is 9.59 Å². The van der Waals surface area contributed by atoms with Gasteiger partial charge in [-0.15, -0.1) is 11.3 Å². The third-order valence-electron chi connectivity index (χ3n) is 5.21. The van der Waals surface area contributed by atoms with Crippen molar-refractivity contribution >= 4 is 45.1 Å². The van der Waals surface area contributed by atoms with Gasteiger partial charge in [0.2, 0.25) is 0 Å². The third-order valence-corrected chi connectivity index (χ3v) is 7.06. The maximum atomic E-state index is 12.9. The number of carbonyl (C=O) groups is 2. The van der Waals surface area contributed by atoms with Gasteiger partial charge in [-0.3, -0.25) is 19.3 Å². The highest BCUT2D eigenvalue weighted by Gasteiger charge is 2.34. The zero-order valence-corrected chi connectivity index (χ0v) is 18.2. The summed E-state index contributed by atoms with van der Waals surface area (Å²) in [6, 6.07) is 16.6. The lowest BCUT2D eigenvalue weighted by Crippen LogP contribution is -2.31. The predicted molar refractivity (Wildman–Crippen MR) is 123 cm³/mol. The number of hydrogen-bond donors (Lipinski definition) is 1. The third kappa shape index (κ3) is 3.37. The van der Waals surface area contributed by atoms with Crippen LogP contribution in [-0.2, 0) is 0 Å². The number of carbonyl (C=O) groups excluding carboxylic acids is 2. The van der Waals surface area contributed by atoms with Gasteiger partial charge in [0.25, 0.3) is 17.4 Å². The number of nitrogens with zero attached hydrogens (tertiary/aromatic N) is 2. The van der Waals surface area contributed by atoms with E-state index in [4.69, 9.17) is 0 Å². The van der Waals surface area contributed by atoms with Gasteiger partial charge in [0.05, 0.1) is 16.5 Å². The van der Waals surface area contributed by atoms with Gasteiger partial charge in [0.15, 0.2) is 5.16 Å². The predicted octanol–water partition coefficient (Wildman–Crippen LogP) is 4.35. The monoisotopic (exact) mass is 447 g/mol. The first-order chi connectivity index (χ1) is 15.0. The van der Waals surface area contributed by atoms with Gasteiger partial charge < -0.3 is 4.98 Å². The minimum Gasteiger partial charge on any atom is -0.301 e. The molecule has 0 saturated heterocycles. The number of aromatic nitrogens is 2. The lowest BCUT2D eigenvalue weighted by molar-refractivity contribution is 0.0664. The molecular formula is C23H17N3O3S2. The molecule has 0 saturated carbocycles. The molecule has 0 fully saturated rings. The minimum atomic E-state index is -0.278. The zero-order chi connectivity index (χ0) is 21.5. The lowest BCUT2D eigenvalue weighted by Gasteiger charge is -2.12. The van der Waals surface area contributed by atoms with E-state index in [9.17, 15) is 14.4 Å². The molecule has 0 atom stereocenters. The van der Waals surface area contributed by atoms with E-state index < -0.39 is 0 Å². The summed E-state index contributed by atoms with van der Waals surface area (Å²) in [6.45, 7) is 2.24. The molecule has 8 heteroatoms. The van der Waals surface area contributed by atoms with Crippen LogP contribution in [0.15, 0.2) is 64.5 Å². The van der Waals surface area contributed by atoms with Gasteiger partial charge in [-0.1, -0.05) is 54.2 Å². The molecule has 2 aromatic heterocycles. The SMILES string of the molecule is Cc1sc2nc(SCCN3C(=O)c4ccccc4C3=O)[nH]c(=O)c2c1-c1ccccc1. The van der Waals surface area contributed by atoms with Crippen LogP contribution in [0.2, 0.25) is 0 Å². The highest BCUT2D eigenvalue weighted by molar-refractivity contribution is 7.99. The Morgan fingerprint density at radius 1 is 0.968 bits per heavy atom. The molecule has 5 rings (SSSR count). The van der Waals surface area contributed by atoms with Crippen LogP contribution in [-0.4, -0.2) is 39.0 Å². The van der Waals surface area contributed by atoms with Gasteiger partial charge in [-0.25, -0.2) is 4.98 Å². The normalized spacial score (nSPS) is 13.3. The number of imide groups is 1. The quantitative estimate of drug-likeness (QED) is 0.279. The van der Waals surface area contributed by atoms with Crippen LogP contribution in [0.25, 0.3) is 21.3 Å². The molecule has 0 radical (unpaired) electrons. The first-order valence-corrected chi connectivity index (χ1v) is 11.5. The number of fused-ring (bicyclic) bond motifs is 2. The van der Waals surface area contributed by atoms with Crippen LogP contribution >= 0.6 is 23.1 Å². The first kappa shape index (κ1) is 19.7. The number of aryl methyl sites for hydroxylation is 1. The zero-order valence-electron chi connectivity index (χ0n) is 16.5. The van der Waals surface area contributed by atoms with E-state index in [2.05, 4.69) is 9.97 Å². The molecule has 1 N–H and O–H groups in total. The molecule has 0 bridgehead atoms.